The van der Waals surface area contributed by atoms with Gasteiger partial charge in [0, 0.05) is 36.9 Å². The van der Waals surface area contributed by atoms with E-state index < -0.39 is 0 Å². The number of para-hydroxylation sites is 2. The maximum atomic E-state index is 13.4. The number of aromatic nitrogens is 2. The van der Waals surface area contributed by atoms with Crippen molar-refractivity contribution < 1.29 is 9.53 Å². The Balaban J connectivity index is 1.43. The molecule has 1 aliphatic carbocycles. The van der Waals surface area contributed by atoms with Crippen LogP contribution in [0.5, 0.6) is 5.75 Å². The molecule has 0 radical (unpaired) electrons. The Hall–Kier alpha value is -3.12. The second-order valence-corrected chi connectivity index (χ2v) is 8.39. The number of amides is 1. The van der Waals surface area contributed by atoms with Gasteiger partial charge in [0.2, 0.25) is 0 Å². The lowest BCUT2D eigenvalue weighted by atomic mass is 10.0. The number of hydrogen-bond donors (Lipinski definition) is 1. The largest absolute Gasteiger partial charge is 0.496 e. The third kappa shape index (κ3) is 4.21. The Morgan fingerprint density at radius 3 is 2.42 bits per heavy atom. The number of nitrogens with one attached hydrogen (secondary N) is 1. The molecule has 2 aromatic carbocycles. The van der Waals surface area contributed by atoms with E-state index >= 15 is 0 Å². The lowest BCUT2D eigenvalue weighted by Crippen LogP contribution is -2.45. The zero-order chi connectivity index (χ0) is 21.2. The van der Waals surface area contributed by atoms with Gasteiger partial charge in [-0.1, -0.05) is 30.3 Å². The standard InChI is InChI=1S/C25H28N4O2/c1-31-23-10-6-5-9-21(23)24-22(17-29(27-24)20-7-3-2-4-8-20)25(30)26-18-13-15-28(16-14-18)19-11-12-19/h2-10,17-19H,11-16H2,1H3,(H,26,30). The molecule has 0 spiro atoms. The summed E-state index contributed by atoms with van der Waals surface area (Å²) in [6.07, 6.45) is 6.49. The van der Waals surface area contributed by atoms with E-state index in [0.29, 0.717) is 17.0 Å². The van der Waals surface area contributed by atoms with Gasteiger partial charge in [0.05, 0.1) is 18.4 Å². The Labute approximate surface area is 182 Å². The molecule has 6 heteroatoms. The van der Waals surface area contributed by atoms with Gasteiger partial charge in [-0.25, -0.2) is 4.68 Å². The molecule has 3 aromatic rings. The van der Waals surface area contributed by atoms with Crippen LogP contribution in [0.15, 0.2) is 60.8 Å². The van der Waals surface area contributed by atoms with Crippen molar-refractivity contribution in [2.75, 3.05) is 20.2 Å². The van der Waals surface area contributed by atoms with Crippen molar-refractivity contribution in [2.24, 2.45) is 0 Å². The number of rotatable bonds is 6. The summed E-state index contributed by atoms with van der Waals surface area (Å²) in [5.41, 5.74) is 2.93. The number of hydrogen-bond acceptors (Lipinski definition) is 4. The molecule has 1 N–H and O–H groups in total. The molecule has 1 amide bonds. The van der Waals surface area contributed by atoms with E-state index in [4.69, 9.17) is 9.84 Å². The minimum absolute atomic E-state index is 0.0760. The molecular weight excluding hydrogens is 388 g/mol. The van der Waals surface area contributed by atoms with E-state index in [1.54, 1.807) is 11.8 Å². The molecule has 0 bridgehead atoms. The monoisotopic (exact) mass is 416 g/mol. The van der Waals surface area contributed by atoms with Gasteiger partial charge in [-0.3, -0.25) is 4.79 Å². The van der Waals surface area contributed by atoms with E-state index in [-0.39, 0.29) is 11.9 Å². The van der Waals surface area contributed by atoms with Crippen molar-refractivity contribution in [3.05, 3.63) is 66.4 Å². The van der Waals surface area contributed by atoms with E-state index in [1.807, 2.05) is 60.8 Å². The fourth-order valence-corrected chi connectivity index (χ4v) is 4.40. The highest BCUT2D eigenvalue weighted by Crippen LogP contribution is 2.32. The minimum atomic E-state index is -0.0760. The van der Waals surface area contributed by atoms with Gasteiger partial charge in [0.15, 0.2) is 0 Å². The summed E-state index contributed by atoms with van der Waals surface area (Å²) >= 11 is 0. The molecule has 2 fully saturated rings. The summed E-state index contributed by atoms with van der Waals surface area (Å²) in [6, 6.07) is 18.6. The normalized spacial score (nSPS) is 17.5. The van der Waals surface area contributed by atoms with Crippen molar-refractivity contribution in [3.63, 3.8) is 0 Å². The van der Waals surface area contributed by atoms with Crippen LogP contribution in [0.2, 0.25) is 0 Å². The molecule has 6 nitrogen and oxygen atoms in total. The van der Waals surface area contributed by atoms with Gasteiger partial charge in [-0.05, 0) is 49.9 Å². The molecule has 2 aliphatic rings. The first-order chi connectivity index (χ1) is 15.2. The number of carbonyl (C=O) groups excluding carboxylic acids is 1. The van der Waals surface area contributed by atoms with E-state index in [1.165, 1.54) is 12.8 Å². The first kappa shape index (κ1) is 19.8. The third-order valence-electron chi connectivity index (χ3n) is 6.27. The van der Waals surface area contributed by atoms with Crippen LogP contribution >= 0.6 is 0 Å². The van der Waals surface area contributed by atoms with Crippen LogP contribution in [0.3, 0.4) is 0 Å². The van der Waals surface area contributed by atoms with Crippen molar-refractivity contribution in [2.45, 2.75) is 37.8 Å². The molecule has 1 aliphatic heterocycles. The lowest BCUT2D eigenvalue weighted by Gasteiger charge is -2.32. The SMILES string of the molecule is COc1ccccc1-c1nn(-c2ccccc2)cc1C(=O)NC1CCN(C2CC2)CC1. The van der Waals surface area contributed by atoms with Crippen LogP contribution in [0, 0.1) is 0 Å². The maximum Gasteiger partial charge on any atom is 0.255 e. The summed E-state index contributed by atoms with van der Waals surface area (Å²) < 4.78 is 7.32. The Bertz CT molecular complexity index is 1050. The Morgan fingerprint density at radius 1 is 1.00 bits per heavy atom. The molecule has 0 unspecified atom stereocenters. The number of piperidine rings is 1. The van der Waals surface area contributed by atoms with Gasteiger partial charge in [0.25, 0.3) is 5.91 Å². The summed E-state index contributed by atoms with van der Waals surface area (Å²) in [5.74, 6) is 0.626. The van der Waals surface area contributed by atoms with Crippen LogP contribution in [-0.4, -0.2) is 52.9 Å². The first-order valence-electron chi connectivity index (χ1n) is 11.1. The average Bonchev–Trinajstić information content (AvgIpc) is 3.58. The summed E-state index contributed by atoms with van der Waals surface area (Å²) in [4.78, 5) is 15.9. The second-order valence-electron chi connectivity index (χ2n) is 8.39. The molecule has 31 heavy (non-hydrogen) atoms. The lowest BCUT2D eigenvalue weighted by molar-refractivity contribution is 0.0909. The molecule has 2 heterocycles. The highest BCUT2D eigenvalue weighted by atomic mass is 16.5. The zero-order valence-electron chi connectivity index (χ0n) is 17.8. The number of ether oxygens (including phenoxy) is 1. The van der Waals surface area contributed by atoms with E-state index in [9.17, 15) is 4.79 Å². The minimum Gasteiger partial charge on any atom is -0.496 e. The smallest absolute Gasteiger partial charge is 0.255 e. The maximum absolute atomic E-state index is 13.4. The van der Waals surface area contributed by atoms with Gasteiger partial charge < -0.3 is 15.0 Å². The quantitative estimate of drug-likeness (QED) is 0.662. The van der Waals surface area contributed by atoms with Crippen molar-refractivity contribution >= 4 is 5.91 Å². The predicted octanol–water partition coefficient (Wildman–Crippen LogP) is 3.90. The number of methoxy groups -OCH3 is 1. The van der Waals surface area contributed by atoms with Gasteiger partial charge in [0.1, 0.15) is 11.4 Å². The van der Waals surface area contributed by atoms with Gasteiger partial charge >= 0.3 is 0 Å². The van der Waals surface area contributed by atoms with Crippen molar-refractivity contribution in [1.82, 2.24) is 20.0 Å². The van der Waals surface area contributed by atoms with Crippen molar-refractivity contribution in [1.29, 1.82) is 0 Å². The Kier molecular flexibility index (Phi) is 5.47. The van der Waals surface area contributed by atoms with Crippen LogP contribution in [-0.2, 0) is 0 Å². The Morgan fingerprint density at radius 2 is 1.71 bits per heavy atom. The van der Waals surface area contributed by atoms with Crippen LogP contribution in [0.1, 0.15) is 36.0 Å². The molecule has 0 atom stereocenters. The second kappa shape index (κ2) is 8.55. The number of benzene rings is 2. The van der Waals surface area contributed by atoms with E-state index in [0.717, 1.165) is 43.2 Å². The molecule has 1 aromatic heterocycles. The zero-order valence-corrected chi connectivity index (χ0v) is 17.8. The molecular formula is C25H28N4O2. The molecule has 1 saturated heterocycles. The third-order valence-corrected chi connectivity index (χ3v) is 6.27. The molecule has 1 saturated carbocycles. The number of nitrogens with zero attached hydrogens (tertiary/aromatic N) is 3. The van der Waals surface area contributed by atoms with Crippen LogP contribution in [0.4, 0.5) is 0 Å². The predicted molar refractivity (Wildman–Crippen MR) is 121 cm³/mol. The van der Waals surface area contributed by atoms with Crippen molar-refractivity contribution in [3.8, 4) is 22.7 Å². The highest BCUT2D eigenvalue weighted by molar-refractivity contribution is 6.00. The summed E-state index contributed by atoms with van der Waals surface area (Å²) in [7, 11) is 1.64. The number of likely N-dealkylation sites (tertiary alicyclic amines) is 1. The van der Waals surface area contributed by atoms with Crippen LogP contribution in [0.25, 0.3) is 16.9 Å². The van der Waals surface area contributed by atoms with Gasteiger partial charge in [-0.2, -0.15) is 5.10 Å². The summed E-state index contributed by atoms with van der Waals surface area (Å²) in [5, 5.41) is 8.05. The highest BCUT2D eigenvalue weighted by Gasteiger charge is 2.32. The summed E-state index contributed by atoms with van der Waals surface area (Å²) in [6.45, 7) is 2.14. The van der Waals surface area contributed by atoms with E-state index in [2.05, 4.69) is 10.2 Å². The fraction of sp³-hybridized carbons (Fsp3) is 0.360. The van der Waals surface area contributed by atoms with Gasteiger partial charge in [-0.15, -0.1) is 0 Å². The average molecular weight is 417 g/mol. The fourth-order valence-electron chi connectivity index (χ4n) is 4.40. The molecule has 5 rings (SSSR count). The molecule has 160 valence electrons. The van der Waals surface area contributed by atoms with Crippen LogP contribution < -0.4 is 10.1 Å². The topological polar surface area (TPSA) is 59.4 Å². The first-order valence-corrected chi connectivity index (χ1v) is 11.1. The number of carbonyl (C=O) groups is 1.